The van der Waals surface area contributed by atoms with Crippen LogP contribution >= 0.6 is 0 Å². The molecule has 5 nitrogen and oxygen atoms in total. The molecule has 0 aliphatic carbocycles. The fourth-order valence-electron chi connectivity index (χ4n) is 2.45. The number of nitrogens with zero attached hydrogens (tertiary/aromatic N) is 1. The molecule has 2 heterocycles. The van der Waals surface area contributed by atoms with Gasteiger partial charge in [0.05, 0.1) is 29.6 Å². The normalized spacial score (nSPS) is 21.5. The summed E-state index contributed by atoms with van der Waals surface area (Å²) in [7, 11) is 1.78. The number of benzene rings is 1. The van der Waals surface area contributed by atoms with Crippen LogP contribution in [0, 0.1) is 5.82 Å². The Morgan fingerprint density at radius 3 is 2.89 bits per heavy atom. The number of ether oxygens (including phenoxy) is 1. The van der Waals surface area contributed by atoms with Gasteiger partial charge in [0.15, 0.2) is 0 Å². The quantitative estimate of drug-likeness (QED) is 0.815. The number of hydrogen-bond acceptors (Lipinski definition) is 4. The Kier molecular flexibility index (Phi) is 2.74. The van der Waals surface area contributed by atoms with Gasteiger partial charge in [0.1, 0.15) is 5.82 Å². The summed E-state index contributed by atoms with van der Waals surface area (Å²) in [5.41, 5.74) is 0.837. The summed E-state index contributed by atoms with van der Waals surface area (Å²) in [4.78, 5) is 24.5. The van der Waals surface area contributed by atoms with Crippen LogP contribution in [0.1, 0.15) is 16.8 Å². The molecule has 0 aromatic heterocycles. The molecule has 1 amide bonds. The SMILES string of the molecule is CN(c1cc2c(cc1F)C(=O)C(=O)N2)C1CCOC1. The maximum Gasteiger partial charge on any atom is 0.296 e. The molecule has 2 aliphatic rings. The zero-order valence-corrected chi connectivity index (χ0v) is 10.4. The minimum atomic E-state index is -0.710. The number of ketones is 1. The van der Waals surface area contributed by atoms with E-state index in [0.29, 0.717) is 24.6 Å². The van der Waals surface area contributed by atoms with Crippen molar-refractivity contribution in [3.63, 3.8) is 0 Å². The van der Waals surface area contributed by atoms with Crippen LogP contribution < -0.4 is 10.2 Å². The third-order valence-electron chi connectivity index (χ3n) is 3.62. The highest BCUT2D eigenvalue weighted by Crippen LogP contribution is 2.32. The highest BCUT2D eigenvalue weighted by molar-refractivity contribution is 6.51. The Balaban J connectivity index is 1.97. The zero-order chi connectivity index (χ0) is 13.6. The molecule has 1 aromatic carbocycles. The first-order valence-electron chi connectivity index (χ1n) is 6.07. The summed E-state index contributed by atoms with van der Waals surface area (Å²) < 4.78 is 19.4. The molecule has 1 unspecified atom stereocenters. The van der Waals surface area contributed by atoms with E-state index in [9.17, 15) is 14.0 Å². The summed E-state index contributed by atoms with van der Waals surface area (Å²) in [5, 5.41) is 2.45. The third kappa shape index (κ3) is 1.88. The molecule has 2 aliphatic heterocycles. The third-order valence-corrected chi connectivity index (χ3v) is 3.62. The van der Waals surface area contributed by atoms with E-state index in [4.69, 9.17) is 4.74 Å². The Hall–Kier alpha value is -1.95. The molecule has 1 N–H and O–H groups in total. The van der Waals surface area contributed by atoms with Gasteiger partial charge in [0, 0.05) is 13.7 Å². The van der Waals surface area contributed by atoms with Gasteiger partial charge in [0.25, 0.3) is 11.7 Å². The van der Waals surface area contributed by atoms with Crippen LogP contribution in [-0.2, 0) is 9.53 Å². The predicted molar refractivity (Wildman–Crippen MR) is 67.0 cm³/mol. The number of nitrogens with one attached hydrogen (secondary N) is 1. The first-order chi connectivity index (χ1) is 9.08. The van der Waals surface area contributed by atoms with E-state index < -0.39 is 17.5 Å². The van der Waals surface area contributed by atoms with E-state index >= 15 is 0 Å². The van der Waals surface area contributed by atoms with E-state index in [0.717, 1.165) is 12.5 Å². The predicted octanol–water partition coefficient (Wildman–Crippen LogP) is 1.19. The molecule has 19 heavy (non-hydrogen) atoms. The second-order valence-electron chi connectivity index (χ2n) is 4.76. The fourth-order valence-corrected chi connectivity index (χ4v) is 2.45. The topological polar surface area (TPSA) is 58.6 Å². The van der Waals surface area contributed by atoms with Gasteiger partial charge in [-0.25, -0.2) is 4.39 Å². The van der Waals surface area contributed by atoms with Crippen molar-refractivity contribution in [2.45, 2.75) is 12.5 Å². The molecule has 1 fully saturated rings. The number of carbonyl (C=O) groups is 2. The minimum absolute atomic E-state index is 0.0994. The van der Waals surface area contributed by atoms with Crippen molar-refractivity contribution < 1.29 is 18.7 Å². The van der Waals surface area contributed by atoms with E-state index in [1.165, 1.54) is 6.07 Å². The largest absolute Gasteiger partial charge is 0.379 e. The van der Waals surface area contributed by atoms with Crippen molar-refractivity contribution in [3.8, 4) is 0 Å². The summed E-state index contributed by atoms with van der Waals surface area (Å²) in [6.45, 7) is 1.22. The molecule has 1 saturated heterocycles. The van der Waals surface area contributed by atoms with Crippen molar-refractivity contribution >= 4 is 23.1 Å². The molecule has 6 heteroatoms. The zero-order valence-electron chi connectivity index (χ0n) is 10.4. The molecule has 0 radical (unpaired) electrons. The number of likely N-dealkylation sites (N-methyl/N-ethyl adjacent to an activating group) is 1. The van der Waals surface area contributed by atoms with Crippen molar-refractivity contribution in [1.82, 2.24) is 0 Å². The average molecular weight is 264 g/mol. The Morgan fingerprint density at radius 2 is 2.21 bits per heavy atom. The molecule has 100 valence electrons. The van der Waals surface area contributed by atoms with Crippen LogP contribution in [0.3, 0.4) is 0 Å². The Labute approximate surface area is 109 Å². The van der Waals surface area contributed by atoms with Gasteiger partial charge in [0.2, 0.25) is 0 Å². The van der Waals surface area contributed by atoms with E-state index in [2.05, 4.69) is 5.32 Å². The molecule has 1 aromatic rings. The maximum atomic E-state index is 14.1. The number of Topliss-reactive ketones (excluding diaryl/α,β-unsaturated/α-hetero) is 1. The lowest BCUT2D eigenvalue weighted by atomic mass is 10.1. The van der Waals surface area contributed by atoms with Gasteiger partial charge in [-0.2, -0.15) is 0 Å². The van der Waals surface area contributed by atoms with Gasteiger partial charge in [-0.1, -0.05) is 0 Å². The summed E-state index contributed by atoms with van der Waals surface area (Å²) in [6, 6.07) is 2.74. The van der Waals surface area contributed by atoms with Crippen molar-refractivity contribution in [2.24, 2.45) is 0 Å². The van der Waals surface area contributed by atoms with E-state index in [1.54, 1.807) is 11.9 Å². The lowest BCUT2D eigenvalue weighted by molar-refractivity contribution is -0.112. The van der Waals surface area contributed by atoms with Crippen molar-refractivity contribution in [1.29, 1.82) is 0 Å². The molecule has 3 rings (SSSR count). The highest BCUT2D eigenvalue weighted by Gasteiger charge is 2.31. The summed E-state index contributed by atoms with van der Waals surface area (Å²) in [6.07, 6.45) is 0.832. The van der Waals surface area contributed by atoms with Crippen LogP contribution in [0.15, 0.2) is 12.1 Å². The van der Waals surface area contributed by atoms with Gasteiger partial charge < -0.3 is 15.0 Å². The van der Waals surface area contributed by atoms with Crippen LogP contribution in [0.5, 0.6) is 0 Å². The first-order valence-corrected chi connectivity index (χ1v) is 6.07. The summed E-state index contributed by atoms with van der Waals surface area (Å²) in [5.74, 6) is -1.90. The Morgan fingerprint density at radius 1 is 1.42 bits per heavy atom. The second-order valence-corrected chi connectivity index (χ2v) is 4.76. The molecule has 1 atom stereocenters. The minimum Gasteiger partial charge on any atom is -0.379 e. The van der Waals surface area contributed by atoms with Crippen LogP contribution in [0.4, 0.5) is 15.8 Å². The second kappa shape index (κ2) is 4.31. The van der Waals surface area contributed by atoms with Crippen LogP contribution in [-0.4, -0.2) is 38.0 Å². The highest BCUT2D eigenvalue weighted by atomic mass is 19.1. The number of rotatable bonds is 2. The number of halogens is 1. The molecule has 0 bridgehead atoms. The number of hydrogen-bond donors (Lipinski definition) is 1. The van der Waals surface area contributed by atoms with Crippen LogP contribution in [0.25, 0.3) is 0 Å². The molecular weight excluding hydrogens is 251 g/mol. The van der Waals surface area contributed by atoms with E-state index in [1.807, 2.05) is 0 Å². The van der Waals surface area contributed by atoms with E-state index in [-0.39, 0.29) is 11.6 Å². The average Bonchev–Trinajstić information content (AvgIpc) is 3.00. The van der Waals surface area contributed by atoms with Crippen molar-refractivity contribution in [3.05, 3.63) is 23.5 Å². The lowest BCUT2D eigenvalue weighted by Gasteiger charge is -2.26. The summed E-state index contributed by atoms with van der Waals surface area (Å²) >= 11 is 0. The van der Waals surface area contributed by atoms with Crippen molar-refractivity contribution in [2.75, 3.05) is 30.5 Å². The van der Waals surface area contributed by atoms with Gasteiger partial charge in [-0.3, -0.25) is 9.59 Å². The maximum absolute atomic E-state index is 14.1. The molecular formula is C13H13FN2O3. The molecule has 0 spiro atoms. The number of fused-ring (bicyclic) bond motifs is 1. The lowest BCUT2D eigenvalue weighted by Crippen LogP contribution is -2.32. The molecule has 0 saturated carbocycles. The smallest absolute Gasteiger partial charge is 0.296 e. The van der Waals surface area contributed by atoms with Gasteiger partial charge in [-0.15, -0.1) is 0 Å². The monoisotopic (exact) mass is 264 g/mol. The van der Waals surface area contributed by atoms with Gasteiger partial charge in [-0.05, 0) is 18.6 Å². The number of amides is 1. The number of carbonyl (C=O) groups excluding carboxylic acids is 2. The standard InChI is InChI=1S/C13H13FN2O3/c1-16(7-2-3-19-6-7)11-5-10-8(4-9(11)14)12(17)13(18)15-10/h4-5,7H,2-3,6H2,1H3,(H,15,17,18). The fraction of sp³-hybridized carbons (Fsp3) is 0.385. The first kappa shape index (κ1) is 12.1. The number of anilines is 2. The van der Waals surface area contributed by atoms with Gasteiger partial charge >= 0.3 is 0 Å². The van der Waals surface area contributed by atoms with Crippen LogP contribution in [0.2, 0.25) is 0 Å². The Bertz CT molecular complexity index is 567.